The number of hydrogen-bond acceptors (Lipinski definition) is 12. The SMILES string of the molecule is C=C(NC(CC(C)C)C(=O)NC(CCC(=O)O)C(=O)NC(C(=O)NC(CC(=O)O)C(=O)Nc1ccc2nc(C#N)sc2c1)C(C)O)OCc1ccccc1. The summed E-state index contributed by atoms with van der Waals surface area (Å²) in [6, 6.07) is 9.76. The number of aromatic nitrogens is 1. The van der Waals surface area contributed by atoms with Crippen molar-refractivity contribution in [2.75, 3.05) is 5.32 Å². The standard InChI is InChI=1S/C36H43N7O10S/c1-19(2)14-26(38-21(4)53-18-22-8-6-5-7-9-22)35(51)41-25(12-13-30(45)46)33(49)43-32(20(3)44)36(52)42-27(16-31(47)48)34(50)39-23-10-11-24-28(15-23)54-29(17-37)40-24/h5-11,15,19-20,25-27,32,38,44H,4,12-14,16,18H2,1-3H3,(H,39,50)(H,41,51)(H,42,52)(H,43,49)(H,45,46)(H,47,48). The second-order valence-corrected chi connectivity index (χ2v) is 13.7. The van der Waals surface area contributed by atoms with Crippen molar-refractivity contribution in [2.45, 2.75) is 83.3 Å². The summed E-state index contributed by atoms with van der Waals surface area (Å²) >= 11 is 1.07. The highest BCUT2D eigenvalue weighted by atomic mass is 32.1. The summed E-state index contributed by atoms with van der Waals surface area (Å²) in [6.07, 6.45) is -3.16. The number of amides is 4. The third-order valence-corrected chi connectivity index (χ3v) is 8.64. The number of hydrogen-bond donors (Lipinski definition) is 8. The van der Waals surface area contributed by atoms with Gasteiger partial charge in [-0.2, -0.15) is 5.26 Å². The van der Waals surface area contributed by atoms with Crippen LogP contribution in [-0.2, 0) is 40.1 Å². The first-order valence-electron chi connectivity index (χ1n) is 16.8. The molecule has 0 aliphatic rings. The molecule has 2 aromatic carbocycles. The van der Waals surface area contributed by atoms with Crippen LogP contribution in [0.4, 0.5) is 5.69 Å². The quantitative estimate of drug-likeness (QED) is 0.0722. The number of nitrogens with zero attached hydrogens (tertiary/aromatic N) is 2. The fourth-order valence-electron chi connectivity index (χ4n) is 5.08. The zero-order valence-electron chi connectivity index (χ0n) is 29.8. The highest BCUT2D eigenvalue weighted by molar-refractivity contribution is 7.19. The number of aliphatic hydroxyl groups is 1. The number of anilines is 1. The third-order valence-electron chi connectivity index (χ3n) is 7.72. The van der Waals surface area contributed by atoms with Crippen LogP contribution < -0.4 is 26.6 Å². The van der Waals surface area contributed by atoms with Crippen LogP contribution >= 0.6 is 11.3 Å². The molecule has 0 fully saturated rings. The van der Waals surface area contributed by atoms with Gasteiger partial charge in [0.1, 0.15) is 36.8 Å². The number of aliphatic carboxylic acids is 2. The molecule has 4 amide bonds. The lowest BCUT2D eigenvalue weighted by atomic mass is 10.0. The molecule has 5 atom stereocenters. The summed E-state index contributed by atoms with van der Waals surface area (Å²) in [5, 5.41) is 51.1. The molecule has 288 valence electrons. The number of aliphatic hydroxyl groups excluding tert-OH is 1. The first kappa shape index (κ1) is 42.4. The molecule has 3 aromatic rings. The van der Waals surface area contributed by atoms with Gasteiger partial charge >= 0.3 is 11.9 Å². The number of nitriles is 1. The van der Waals surface area contributed by atoms with Gasteiger partial charge < -0.3 is 46.6 Å². The van der Waals surface area contributed by atoms with Crippen LogP contribution in [-0.4, -0.2) is 86.1 Å². The van der Waals surface area contributed by atoms with Crippen molar-refractivity contribution < 1.29 is 48.8 Å². The van der Waals surface area contributed by atoms with E-state index in [1.54, 1.807) is 6.07 Å². The number of carboxylic acids is 2. The third kappa shape index (κ3) is 13.5. The fourth-order valence-corrected chi connectivity index (χ4v) is 5.88. The molecule has 0 bridgehead atoms. The van der Waals surface area contributed by atoms with Crippen LogP contribution in [0.15, 0.2) is 61.0 Å². The molecule has 8 N–H and O–H groups in total. The predicted octanol–water partition coefficient (Wildman–Crippen LogP) is 1.97. The van der Waals surface area contributed by atoms with Crippen molar-refractivity contribution >= 4 is 62.8 Å². The van der Waals surface area contributed by atoms with Gasteiger partial charge in [-0.15, -0.1) is 11.3 Å². The Morgan fingerprint density at radius 3 is 2.15 bits per heavy atom. The number of fused-ring (bicyclic) bond motifs is 1. The zero-order valence-corrected chi connectivity index (χ0v) is 30.6. The van der Waals surface area contributed by atoms with E-state index in [1.807, 2.05) is 50.2 Å². The van der Waals surface area contributed by atoms with E-state index in [0.29, 0.717) is 10.2 Å². The lowest BCUT2D eigenvalue weighted by Gasteiger charge is -2.28. The normalized spacial score (nSPS) is 13.6. The summed E-state index contributed by atoms with van der Waals surface area (Å²) in [5.41, 5.74) is 1.58. The van der Waals surface area contributed by atoms with Gasteiger partial charge in [0.2, 0.25) is 23.6 Å². The van der Waals surface area contributed by atoms with Crippen LogP contribution in [0.2, 0.25) is 0 Å². The molecule has 1 heterocycles. The summed E-state index contributed by atoms with van der Waals surface area (Å²) in [7, 11) is 0. The molecule has 0 aliphatic heterocycles. The Kier molecular flexibility index (Phi) is 15.9. The molecular formula is C36H43N7O10S. The van der Waals surface area contributed by atoms with Crippen LogP contribution in [0.5, 0.6) is 0 Å². The van der Waals surface area contributed by atoms with E-state index in [4.69, 9.17) is 10.00 Å². The molecular weight excluding hydrogens is 723 g/mol. The van der Waals surface area contributed by atoms with Crippen molar-refractivity contribution in [2.24, 2.45) is 5.92 Å². The Morgan fingerprint density at radius 2 is 1.54 bits per heavy atom. The monoisotopic (exact) mass is 765 g/mol. The second kappa shape index (κ2) is 20.3. The van der Waals surface area contributed by atoms with Crippen LogP contribution in [0.1, 0.15) is 57.0 Å². The second-order valence-electron chi connectivity index (χ2n) is 12.7. The number of carbonyl (C=O) groups is 6. The highest BCUT2D eigenvalue weighted by Gasteiger charge is 2.34. The molecule has 0 saturated carbocycles. The van der Waals surface area contributed by atoms with Gasteiger partial charge in [-0.3, -0.25) is 28.8 Å². The first-order chi connectivity index (χ1) is 25.6. The molecule has 0 spiro atoms. The van der Waals surface area contributed by atoms with E-state index in [2.05, 4.69) is 38.1 Å². The maximum absolute atomic E-state index is 13.5. The number of rotatable bonds is 21. The van der Waals surface area contributed by atoms with Crippen molar-refractivity contribution in [1.29, 1.82) is 5.26 Å². The van der Waals surface area contributed by atoms with E-state index in [0.717, 1.165) is 23.8 Å². The van der Waals surface area contributed by atoms with E-state index >= 15 is 0 Å². The van der Waals surface area contributed by atoms with E-state index in [9.17, 15) is 44.1 Å². The number of carbonyl (C=O) groups excluding carboxylic acids is 4. The van der Waals surface area contributed by atoms with Crippen LogP contribution in [0.25, 0.3) is 10.2 Å². The number of ether oxygens (including phenoxy) is 1. The molecule has 17 nitrogen and oxygen atoms in total. The van der Waals surface area contributed by atoms with Crippen molar-refractivity contribution in [3.63, 3.8) is 0 Å². The number of benzene rings is 2. The van der Waals surface area contributed by atoms with E-state index < -0.39 is 85.1 Å². The molecule has 0 saturated heterocycles. The van der Waals surface area contributed by atoms with Gasteiger partial charge in [-0.25, -0.2) is 4.98 Å². The topological polar surface area (TPSA) is 269 Å². The largest absolute Gasteiger partial charge is 0.481 e. The number of nitrogens with one attached hydrogen (secondary N) is 5. The van der Waals surface area contributed by atoms with Crippen molar-refractivity contribution in [1.82, 2.24) is 26.3 Å². The summed E-state index contributed by atoms with van der Waals surface area (Å²) < 4.78 is 6.23. The van der Waals surface area contributed by atoms with Gasteiger partial charge in [-0.1, -0.05) is 44.2 Å². The van der Waals surface area contributed by atoms with Gasteiger partial charge in [0.05, 0.1) is 22.7 Å². The zero-order chi connectivity index (χ0) is 39.9. The minimum atomic E-state index is -1.76. The lowest BCUT2D eigenvalue weighted by Crippen LogP contribution is -2.60. The average Bonchev–Trinajstić information content (AvgIpc) is 3.53. The first-order valence-corrected chi connectivity index (χ1v) is 17.6. The van der Waals surface area contributed by atoms with Gasteiger partial charge in [0.15, 0.2) is 10.9 Å². The van der Waals surface area contributed by atoms with Gasteiger partial charge in [0.25, 0.3) is 0 Å². The minimum absolute atomic E-state index is 0.0206. The molecule has 3 rings (SSSR count). The fraction of sp³-hybridized carbons (Fsp3) is 0.389. The van der Waals surface area contributed by atoms with E-state index in [-0.39, 0.29) is 35.5 Å². The summed E-state index contributed by atoms with van der Waals surface area (Å²) in [5.74, 6) is -6.45. The molecule has 5 unspecified atom stereocenters. The maximum atomic E-state index is 13.5. The Hall–Kier alpha value is -6.06. The van der Waals surface area contributed by atoms with Crippen molar-refractivity contribution in [3.8, 4) is 6.07 Å². The van der Waals surface area contributed by atoms with Crippen LogP contribution in [0, 0.1) is 17.2 Å². The van der Waals surface area contributed by atoms with Crippen molar-refractivity contribution in [3.05, 3.63) is 71.6 Å². The minimum Gasteiger partial charge on any atom is -0.481 e. The van der Waals surface area contributed by atoms with E-state index in [1.165, 1.54) is 12.1 Å². The van der Waals surface area contributed by atoms with Gasteiger partial charge in [0, 0.05) is 12.1 Å². The number of carboxylic acid groups (broad SMARTS) is 2. The molecule has 54 heavy (non-hydrogen) atoms. The molecule has 0 aliphatic carbocycles. The smallest absolute Gasteiger partial charge is 0.305 e. The Labute approximate surface area is 314 Å². The molecule has 0 radical (unpaired) electrons. The number of thiazole rings is 1. The summed E-state index contributed by atoms with van der Waals surface area (Å²) in [4.78, 5) is 80.8. The molecule has 1 aromatic heterocycles. The summed E-state index contributed by atoms with van der Waals surface area (Å²) in [6.45, 7) is 8.87. The highest BCUT2D eigenvalue weighted by Crippen LogP contribution is 2.25. The predicted molar refractivity (Wildman–Crippen MR) is 196 cm³/mol. The molecule has 18 heteroatoms. The Balaban J connectivity index is 1.74. The van der Waals surface area contributed by atoms with Gasteiger partial charge in [-0.05, 0) is 56.0 Å². The lowest BCUT2D eigenvalue weighted by molar-refractivity contribution is -0.141. The maximum Gasteiger partial charge on any atom is 0.305 e. The Morgan fingerprint density at radius 1 is 0.870 bits per heavy atom. The Bertz CT molecular complexity index is 1880. The van der Waals surface area contributed by atoms with Crippen LogP contribution in [0.3, 0.4) is 0 Å². The average molecular weight is 766 g/mol.